The van der Waals surface area contributed by atoms with Gasteiger partial charge in [0.25, 0.3) is 5.56 Å². The largest absolute Gasteiger partial charge is 0.496 e. The highest BCUT2D eigenvalue weighted by atomic mass is 79.9. The number of rotatable bonds is 6. The SMILES string of the molecule is CCOC(=O)C1=C(C)N=c2s/c(=C/c3ccc(N(C)C)c(Br)c3)c(=O)n2[C@@H]1c1ccc(OC)c(Br)c1. The molecule has 10 heteroatoms. The van der Waals surface area contributed by atoms with E-state index in [1.54, 1.807) is 31.6 Å². The first-order valence-electron chi connectivity index (χ1n) is 11.2. The highest BCUT2D eigenvalue weighted by Crippen LogP contribution is 2.35. The lowest BCUT2D eigenvalue weighted by atomic mass is 9.96. The average molecular weight is 635 g/mol. The van der Waals surface area contributed by atoms with Gasteiger partial charge in [0.1, 0.15) is 5.75 Å². The van der Waals surface area contributed by atoms with Gasteiger partial charge in [-0.3, -0.25) is 9.36 Å². The molecule has 4 rings (SSSR count). The lowest BCUT2D eigenvalue weighted by Gasteiger charge is -2.25. The first-order chi connectivity index (χ1) is 17.2. The summed E-state index contributed by atoms with van der Waals surface area (Å²) in [6, 6.07) is 10.8. The number of carbonyl (C=O) groups excluding carboxylic acids is 1. The monoisotopic (exact) mass is 633 g/mol. The minimum Gasteiger partial charge on any atom is -0.496 e. The number of ether oxygens (including phenoxy) is 2. The minimum absolute atomic E-state index is 0.219. The summed E-state index contributed by atoms with van der Waals surface area (Å²) in [5, 5.41) is 0. The molecular weight excluding hydrogens is 610 g/mol. The number of allylic oxidation sites excluding steroid dienone is 1. The van der Waals surface area contributed by atoms with Crippen LogP contribution in [0.25, 0.3) is 6.08 Å². The molecule has 0 spiro atoms. The van der Waals surface area contributed by atoms with E-state index in [9.17, 15) is 9.59 Å². The number of esters is 1. The molecule has 1 atom stereocenters. The predicted molar refractivity (Wildman–Crippen MR) is 150 cm³/mol. The van der Waals surface area contributed by atoms with E-state index < -0.39 is 12.0 Å². The number of nitrogens with zero attached hydrogens (tertiary/aromatic N) is 3. The molecule has 1 aliphatic rings. The molecule has 188 valence electrons. The van der Waals surface area contributed by atoms with Crippen molar-refractivity contribution in [2.75, 3.05) is 32.7 Å². The van der Waals surface area contributed by atoms with Crippen LogP contribution in [0, 0.1) is 0 Å². The number of aromatic nitrogens is 1. The fraction of sp³-hybridized carbons (Fsp3) is 0.269. The van der Waals surface area contributed by atoms with E-state index in [4.69, 9.17) is 9.47 Å². The summed E-state index contributed by atoms with van der Waals surface area (Å²) >= 11 is 8.43. The quantitative estimate of drug-likeness (QED) is 0.376. The number of thiazole rings is 1. The molecule has 3 aromatic rings. The predicted octanol–water partition coefficient (Wildman–Crippen LogP) is 4.40. The molecule has 0 bridgehead atoms. The van der Waals surface area contributed by atoms with Crippen LogP contribution in [-0.2, 0) is 9.53 Å². The summed E-state index contributed by atoms with van der Waals surface area (Å²) in [6.07, 6.45) is 1.85. The number of methoxy groups -OCH3 is 1. The van der Waals surface area contributed by atoms with Crippen LogP contribution in [-0.4, -0.2) is 38.3 Å². The van der Waals surface area contributed by atoms with Crippen molar-refractivity contribution in [2.45, 2.75) is 19.9 Å². The molecule has 1 aliphatic heterocycles. The van der Waals surface area contributed by atoms with Crippen LogP contribution in [0.15, 0.2) is 66.4 Å². The summed E-state index contributed by atoms with van der Waals surface area (Å²) in [6.45, 7) is 3.74. The van der Waals surface area contributed by atoms with Crippen molar-refractivity contribution >= 4 is 60.9 Å². The molecule has 36 heavy (non-hydrogen) atoms. The second-order valence-corrected chi connectivity index (χ2v) is 11.0. The molecule has 0 saturated heterocycles. The third-order valence-corrected chi connectivity index (χ3v) is 8.00. The maximum absolute atomic E-state index is 13.8. The first-order valence-corrected chi connectivity index (χ1v) is 13.6. The van der Waals surface area contributed by atoms with Crippen LogP contribution in [0.1, 0.15) is 31.0 Å². The number of anilines is 1. The van der Waals surface area contributed by atoms with Gasteiger partial charge in [0.2, 0.25) is 0 Å². The van der Waals surface area contributed by atoms with Gasteiger partial charge < -0.3 is 14.4 Å². The molecule has 2 heterocycles. The maximum atomic E-state index is 13.8. The Hall–Kier alpha value is -2.69. The van der Waals surface area contributed by atoms with Crippen LogP contribution in [0.3, 0.4) is 0 Å². The van der Waals surface area contributed by atoms with E-state index in [-0.39, 0.29) is 12.2 Å². The molecule has 1 aromatic heterocycles. The van der Waals surface area contributed by atoms with Gasteiger partial charge >= 0.3 is 5.97 Å². The van der Waals surface area contributed by atoms with Crippen molar-refractivity contribution < 1.29 is 14.3 Å². The number of hydrogen-bond donors (Lipinski definition) is 0. The number of benzene rings is 2. The van der Waals surface area contributed by atoms with Gasteiger partial charge in [-0.15, -0.1) is 0 Å². The number of hydrogen-bond acceptors (Lipinski definition) is 7. The number of carbonyl (C=O) groups is 1. The summed E-state index contributed by atoms with van der Waals surface area (Å²) in [5.74, 6) is 0.157. The molecule has 0 saturated carbocycles. The first kappa shape index (κ1) is 26.4. The Morgan fingerprint density at radius 3 is 2.56 bits per heavy atom. The van der Waals surface area contributed by atoms with E-state index in [1.807, 2.05) is 55.4 Å². The smallest absolute Gasteiger partial charge is 0.338 e. The number of halogens is 2. The van der Waals surface area contributed by atoms with Crippen molar-refractivity contribution in [1.82, 2.24) is 4.57 Å². The van der Waals surface area contributed by atoms with E-state index >= 15 is 0 Å². The lowest BCUT2D eigenvalue weighted by molar-refractivity contribution is -0.139. The third-order valence-electron chi connectivity index (χ3n) is 5.76. The zero-order valence-electron chi connectivity index (χ0n) is 20.5. The highest BCUT2D eigenvalue weighted by Gasteiger charge is 2.33. The van der Waals surface area contributed by atoms with Crippen molar-refractivity contribution in [3.05, 3.63) is 87.4 Å². The van der Waals surface area contributed by atoms with E-state index in [2.05, 4.69) is 36.9 Å². The Kier molecular flexibility index (Phi) is 7.87. The molecule has 0 amide bonds. The molecular formula is C26H25Br2N3O4S. The van der Waals surface area contributed by atoms with Crippen LogP contribution >= 0.6 is 43.2 Å². The molecule has 0 aliphatic carbocycles. The van der Waals surface area contributed by atoms with Crippen molar-refractivity contribution in [3.8, 4) is 5.75 Å². The minimum atomic E-state index is -0.687. The van der Waals surface area contributed by atoms with Gasteiger partial charge in [-0.1, -0.05) is 23.5 Å². The fourth-order valence-corrected chi connectivity index (χ4v) is 6.44. The normalized spacial score (nSPS) is 15.4. The van der Waals surface area contributed by atoms with Crippen molar-refractivity contribution in [3.63, 3.8) is 0 Å². The Bertz CT molecular complexity index is 1560. The second-order valence-electron chi connectivity index (χ2n) is 8.30. The van der Waals surface area contributed by atoms with Crippen LogP contribution in [0.4, 0.5) is 5.69 Å². The van der Waals surface area contributed by atoms with E-state index in [0.717, 1.165) is 21.3 Å². The van der Waals surface area contributed by atoms with E-state index in [1.165, 1.54) is 11.3 Å². The molecule has 0 fully saturated rings. The molecule has 0 radical (unpaired) electrons. The second kappa shape index (κ2) is 10.7. The fourth-order valence-electron chi connectivity index (χ4n) is 4.09. The van der Waals surface area contributed by atoms with Gasteiger partial charge in [0.15, 0.2) is 4.80 Å². The Balaban J connectivity index is 1.93. The summed E-state index contributed by atoms with van der Waals surface area (Å²) in [7, 11) is 5.53. The molecule has 0 unspecified atom stereocenters. The lowest BCUT2D eigenvalue weighted by Crippen LogP contribution is -2.40. The zero-order chi connectivity index (χ0) is 26.1. The maximum Gasteiger partial charge on any atom is 0.338 e. The Morgan fingerprint density at radius 2 is 1.94 bits per heavy atom. The number of fused-ring (bicyclic) bond motifs is 1. The molecule has 7 nitrogen and oxygen atoms in total. The van der Waals surface area contributed by atoms with Crippen molar-refractivity contribution in [2.24, 2.45) is 4.99 Å². The summed E-state index contributed by atoms with van der Waals surface area (Å²) < 4.78 is 14.5. The zero-order valence-corrected chi connectivity index (χ0v) is 24.5. The Labute approximate surface area is 229 Å². The third kappa shape index (κ3) is 4.94. The van der Waals surface area contributed by atoms with Crippen LogP contribution in [0.2, 0.25) is 0 Å². The standard InChI is InChI=1S/C26H25Br2N3O4S/c1-6-35-25(33)22-14(2)29-26-31(23(22)16-8-10-20(34-5)18(28)13-16)24(32)21(36-26)12-15-7-9-19(30(3)4)17(27)11-15/h7-13,23H,6H2,1-5H3/b21-12+/t23-/m1/s1. The topological polar surface area (TPSA) is 73.1 Å². The Morgan fingerprint density at radius 1 is 1.19 bits per heavy atom. The van der Waals surface area contributed by atoms with Crippen molar-refractivity contribution in [1.29, 1.82) is 0 Å². The van der Waals surface area contributed by atoms with Gasteiger partial charge in [0, 0.05) is 18.6 Å². The van der Waals surface area contributed by atoms with Gasteiger partial charge in [0.05, 0.1) is 45.7 Å². The van der Waals surface area contributed by atoms with Gasteiger partial charge in [-0.2, -0.15) is 0 Å². The molecule has 0 N–H and O–H groups in total. The highest BCUT2D eigenvalue weighted by molar-refractivity contribution is 9.11. The van der Waals surface area contributed by atoms with Gasteiger partial charge in [-0.25, -0.2) is 9.79 Å². The summed E-state index contributed by atoms with van der Waals surface area (Å²) in [4.78, 5) is 34.0. The molecule has 2 aromatic carbocycles. The van der Waals surface area contributed by atoms with Gasteiger partial charge in [-0.05, 0) is 87.2 Å². The average Bonchev–Trinajstić information content (AvgIpc) is 3.12. The summed E-state index contributed by atoms with van der Waals surface area (Å²) in [5.41, 5.74) is 3.29. The van der Waals surface area contributed by atoms with Crippen LogP contribution < -0.4 is 24.5 Å². The van der Waals surface area contributed by atoms with Crippen LogP contribution in [0.5, 0.6) is 5.75 Å². The van der Waals surface area contributed by atoms with E-state index in [0.29, 0.717) is 30.8 Å².